The van der Waals surface area contributed by atoms with E-state index < -0.39 is 5.97 Å². The van der Waals surface area contributed by atoms with Crippen LogP contribution in [-0.2, 0) is 4.79 Å². The van der Waals surface area contributed by atoms with Crippen LogP contribution < -0.4 is 5.32 Å². The molecule has 138 valence electrons. The predicted octanol–water partition coefficient (Wildman–Crippen LogP) is 3.29. The summed E-state index contributed by atoms with van der Waals surface area (Å²) >= 11 is 0. The minimum absolute atomic E-state index is 0.0914. The highest BCUT2D eigenvalue weighted by Crippen LogP contribution is 2.27. The van der Waals surface area contributed by atoms with Gasteiger partial charge in [-0.2, -0.15) is 5.10 Å². The number of aryl methyl sites for hydroxylation is 1. The number of hydrogen-bond acceptors (Lipinski definition) is 3. The summed E-state index contributed by atoms with van der Waals surface area (Å²) in [4.78, 5) is 23.9. The minimum Gasteiger partial charge on any atom is -0.481 e. The molecule has 1 heterocycles. The number of carboxylic acids is 1. The molecule has 0 radical (unpaired) electrons. The Morgan fingerprint density at radius 3 is 2.50 bits per heavy atom. The lowest BCUT2D eigenvalue weighted by Crippen LogP contribution is -2.34. The van der Waals surface area contributed by atoms with E-state index in [9.17, 15) is 9.59 Å². The lowest BCUT2D eigenvalue weighted by atomic mass is 10.0. The second-order valence-electron chi connectivity index (χ2n) is 7.36. The summed E-state index contributed by atoms with van der Waals surface area (Å²) in [6.07, 6.45) is 3.41. The van der Waals surface area contributed by atoms with Crippen molar-refractivity contribution in [2.75, 3.05) is 0 Å². The summed E-state index contributed by atoms with van der Waals surface area (Å²) < 4.78 is 1.81. The molecule has 1 aliphatic carbocycles. The molecule has 1 aromatic heterocycles. The third-order valence-electron chi connectivity index (χ3n) is 4.99. The number of hydrogen-bond donors (Lipinski definition) is 2. The number of aromatic nitrogens is 2. The van der Waals surface area contributed by atoms with Crippen molar-refractivity contribution in [3.05, 3.63) is 47.3 Å². The SMILES string of the molecule is Cc1ccc(-n2ncc(C(=O)N[C@H]3CC[C@@H](C(=O)O)C3)c2C(C)C)cc1. The topological polar surface area (TPSA) is 84.2 Å². The molecule has 6 heteroatoms. The van der Waals surface area contributed by atoms with Crippen LogP contribution in [-0.4, -0.2) is 32.8 Å². The molecule has 2 aromatic rings. The Hall–Kier alpha value is -2.63. The molecule has 1 aliphatic rings. The van der Waals surface area contributed by atoms with Crippen molar-refractivity contribution in [2.24, 2.45) is 5.92 Å². The summed E-state index contributed by atoms with van der Waals surface area (Å²) in [6.45, 7) is 6.10. The molecule has 6 nitrogen and oxygen atoms in total. The van der Waals surface area contributed by atoms with Crippen LogP contribution in [0.5, 0.6) is 0 Å². The number of nitrogens with one attached hydrogen (secondary N) is 1. The molecule has 1 amide bonds. The highest BCUT2D eigenvalue weighted by Gasteiger charge is 2.31. The van der Waals surface area contributed by atoms with Gasteiger partial charge in [0.25, 0.3) is 5.91 Å². The van der Waals surface area contributed by atoms with Crippen LogP contribution in [0.2, 0.25) is 0 Å². The van der Waals surface area contributed by atoms with Crippen LogP contribution in [0.1, 0.15) is 60.6 Å². The Labute approximate surface area is 153 Å². The van der Waals surface area contributed by atoms with Gasteiger partial charge in [0, 0.05) is 6.04 Å². The molecule has 26 heavy (non-hydrogen) atoms. The lowest BCUT2D eigenvalue weighted by Gasteiger charge is -2.15. The van der Waals surface area contributed by atoms with Gasteiger partial charge in [-0.1, -0.05) is 31.5 Å². The molecule has 0 unspecified atom stereocenters. The number of nitrogens with zero attached hydrogens (tertiary/aromatic N) is 2. The first-order valence-electron chi connectivity index (χ1n) is 9.05. The molecule has 0 spiro atoms. The van der Waals surface area contributed by atoms with Gasteiger partial charge in [-0.3, -0.25) is 9.59 Å². The molecular weight excluding hydrogens is 330 g/mol. The van der Waals surface area contributed by atoms with Crippen LogP contribution in [0.15, 0.2) is 30.5 Å². The van der Waals surface area contributed by atoms with Crippen LogP contribution in [0.4, 0.5) is 0 Å². The van der Waals surface area contributed by atoms with E-state index in [2.05, 4.69) is 10.4 Å². The Bertz CT molecular complexity index is 808. The number of carbonyl (C=O) groups excluding carboxylic acids is 1. The largest absolute Gasteiger partial charge is 0.481 e. The second kappa shape index (κ2) is 7.32. The number of amides is 1. The molecule has 1 aromatic carbocycles. The molecule has 0 saturated heterocycles. The third kappa shape index (κ3) is 3.64. The lowest BCUT2D eigenvalue weighted by molar-refractivity contribution is -0.141. The minimum atomic E-state index is -0.781. The van der Waals surface area contributed by atoms with E-state index in [-0.39, 0.29) is 23.8 Å². The van der Waals surface area contributed by atoms with Gasteiger partial charge in [-0.25, -0.2) is 4.68 Å². The quantitative estimate of drug-likeness (QED) is 0.862. The van der Waals surface area contributed by atoms with Crippen LogP contribution in [0, 0.1) is 12.8 Å². The smallest absolute Gasteiger partial charge is 0.306 e. The number of carboxylic acid groups (broad SMARTS) is 1. The van der Waals surface area contributed by atoms with Gasteiger partial charge in [0.15, 0.2) is 0 Å². The second-order valence-corrected chi connectivity index (χ2v) is 7.36. The average Bonchev–Trinajstić information content (AvgIpc) is 3.22. The van der Waals surface area contributed by atoms with E-state index in [0.717, 1.165) is 11.4 Å². The molecule has 2 atom stereocenters. The summed E-state index contributed by atoms with van der Waals surface area (Å²) in [6, 6.07) is 7.93. The maximum Gasteiger partial charge on any atom is 0.306 e. The maximum atomic E-state index is 12.8. The normalized spacial score (nSPS) is 19.7. The van der Waals surface area contributed by atoms with Gasteiger partial charge < -0.3 is 10.4 Å². The molecule has 0 bridgehead atoms. The monoisotopic (exact) mass is 355 g/mol. The maximum absolute atomic E-state index is 12.8. The van der Waals surface area contributed by atoms with E-state index in [1.54, 1.807) is 6.20 Å². The summed E-state index contributed by atoms with van der Waals surface area (Å²) in [5.74, 6) is -1.20. The van der Waals surface area contributed by atoms with Crippen molar-refractivity contribution in [1.29, 1.82) is 0 Å². The van der Waals surface area contributed by atoms with Gasteiger partial charge in [-0.15, -0.1) is 0 Å². The Morgan fingerprint density at radius 2 is 1.92 bits per heavy atom. The van der Waals surface area contributed by atoms with Crippen molar-refractivity contribution >= 4 is 11.9 Å². The summed E-state index contributed by atoms with van der Waals surface area (Å²) in [5, 5.41) is 16.6. The van der Waals surface area contributed by atoms with E-state index in [1.165, 1.54) is 5.56 Å². The van der Waals surface area contributed by atoms with E-state index in [0.29, 0.717) is 24.8 Å². The fraction of sp³-hybridized carbons (Fsp3) is 0.450. The molecule has 1 fully saturated rings. The Balaban J connectivity index is 1.82. The average molecular weight is 355 g/mol. The van der Waals surface area contributed by atoms with E-state index >= 15 is 0 Å². The van der Waals surface area contributed by atoms with Crippen molar-refractivity contribution in [3.63, 3.8) is 0 Å². The first kappa shape index (κ1) is 18.2. The molecule has 2 N–H and O–H groups in total. The van der Waals surface area contributed by atoms with Crippen molar-refractivity contribution in [1.82, 2.24) is 15.1 Å². The third-order valence-corrected chi connectivity index (χ3v) is 4.99. The van der Waals surface area contributed by atoms with E-state index in [4.69, 9.17) is 5.11 Å². The highest BCUT2D eigenvalue weighted by molar-refractivity contribution is 5.95. The molecule has 3 rings (SSSR count). The molecule has 0 aliphatic heterocycles. The summed E-state index contributed by atoms with van der Waals surface area (Å²) in [5.41, 5.74) is 3.50. The molecule has 1 saturated carbocycles. The zero-order valence-corrected chi connectivity index (χ0v) is 15.4. The van der Waals surface area contributed by atoms with Gasteiger partial charge in [0.05, 0.1) is 29.1 Å². The van der Waals surface area contributed by atoms with Gasteiger partial charge in [0.2, 0.25) is 0 Å². The zero-order chi connectivity index (χ0) is 18.8. The number of carbonyl (C=O) groups is 2. The van der Waals surface area contributed by atoms with E-state index in [1.807, 2.05) is 49.7 Å². The first-order chi connectivity index (χ1) is 12.4. The van der Waals surface area contributed by atoms with Crippen molar-refractivity contribution in [2.45, 2.75) is 52.0 Å². The van der Waals surface area contributed by atoms with Gasteiger partial charge in [-0.05, 0) is 44.2 Å². The fourth-order valence-corrected chi connectivity index (χ4v) is 3.58. The Morgan fingerprint density at radius 1 is 1.23 bits per heavy atom. The number of rotatable bonds is 5. The fourth-order valence-electron chi connectivity index (χ4n) is 3.58. The predicted molar refractivity (Wildman–Crippen MR) is 98.6 cm³/mol. The van der Waals surface area contributed by atoms with Crippen molar-refractivity contribution in [3.8, 4) is 5.69 Å². The van der Waals surface area contributed by atoms with Gasteiger partial charge in [0.1, 0.15) is 0 Å². The molecular formula is C20H25N3O3. The van der Waals surface area contributed by atoms with Gasteiger partial charge >= 0.3 is 5.97 Å². The highest BCUT2D eigenvalue weighted by atomic mass is 16.4. The van der Waals surface area contributed by atoms with Crippen molar-refractivity contribution < 1.29 is 14.7 Å². The van der Waals surface area contributed by atoms with Crippen LogP contribution in [0.3, 0.4) is 0 Å². The summed E-state index contributed by atoms with van der Waals surface area (Å²) in [7, 11) is 0. The van der Waals surface area contributed by atoms with Crippen LogP contribution in [0.25, 0.3) is 5.69 Å². The standard InChI is InChI=1S/C20H25N3O3/c1-12(2)18-17(11-21-23(18)16-8-4-13(3)5-9-16)19(24)22-15-7-6-14(10-15)20(25)26/h4-5,8-9,11-12,14-15H,6-7,10H2,1-3H3,(H,22,24)(H,25,26)/t14-,15+/m1/s1. The first-order valence-corrected chi connectivity index (χ1v) is 9.05. The Kier molecular flexibility index (Phi) is 5.11. The number of aliphatic carboxylic acids is 1. The number of benzene rings is 1. The zero-order valence-electron chi connectivity index (χ0n) is 15.4. The van der Waals surface area contributed by atoms with Crippen LogP contribution >= 0.6 is 0 Å².